The molecule has 35 heavy (non-hydrogen) atoms. The Morgan fingerprint density at radius 2 is 1.97 bits per heavy atom. The van der Waals surface area contributed by atoms with E-state index in [9.17, 15) is 9.59 Å². The Bertz CT molecular complexity index is 1380. The number of hydrogen-bond acceptors (Lipinski definition) is 5. The molecule has 1 amide bonds. The number of anilines is 1. The number of fused-ring (bicyclic) bond motifs is 1. The zero-order valence-electron chi connectivity index (χ0n) is 19.9. The first-order valence-electron chi connectivity index (χ1n) is 12.2. The summed E-state index contributed by atoms with van der Waals surface area (Å²) in [5.41, 5.74) is 2.05. The quantitative estimate of drug-likeness (QED) is 0.444. The van der Waals surface area contributed by atoms with Gasteiger partial charge in [-0.15, -0.1) is 0 Å². The number of rotatable bonds is 7. The largest absolute Gasteiger partial charge is 0.326 e. The molecule has 1 saturated heterocycles. The van der Waals surface area contributed by atoms with Gasteiger partial charge < -0.3 is 10.2 Å². The third-order valence-electron chi connectivity index (χ3n) is 6.63. The lowest BCUT2D eigenvalue weighted by Gasteiger charge is -2.33. The van der Waals surface area contributed by atoms with Crippen molar-refractivity contribution in [2.45, 2.75) is 38.6 Å². The number of nitrogens with zero attached hydrogens (tertiary/aromatic N) is 5. The first-order chi connectivity index (χ1) is 17.1. The molecule has 1 N–H and O–H groups in total. The Labute approximate surface area is 204 Å². The molecule has 4 aromatic rings. The lowest BCUT2D eigenvalue weighted by molar-refractivity contribution is -0.114. The van der Waals surface area contributed by atoms with E-state index >= 15 is 0 Å². The number of likely N-dealkylation sites (tertiary alicyclic amines) is 1. The maximum Gasteiger partial charge on any atom is 0.274 e. The number of nitrogens with one attached hydrogen (secondary N) is 1. The minimum absolute atomic E-state index is 0.0545. The van der Waals surface area contributed by atoms with Crippen molar-refractivity contribution in [3.05, 3.63) is 83.2 Å². The van der Waals surface area contributed by atoms with Gasteiger partial charge in [-0.05, 0) is 62.0 Å². The van der Waals surface area contributed by atoms with E-state index in [2.05, 4.69) is 27.3 Å². The van der Waals surface area contributed by atoms with Crippen LogP contribution in [0.1, 0.15) is 37.7 Å². The molecule has 0 spiro atoms. The highest BCUT2D eigenvalue weighted by molar-refractivity contribution is 5.89. The Morgan fingerprint density at radius 1 is 1.11 bits per heavy atom. The van der Waals surface area contributed by atoms with Gasteiger partial charge in [0.1, 0.15) is 6.33 Å². The van der Waals surface area contributed by atoms with Crippen LogP contribution in [-0.4, -0.2) is 49.8 Å². The number of hydrogen-bond donors (Lipinski definition) is 1. The second-order valence-corrected chi connectivity index (χ2v) is 9.17. The molecule has 8 heteroatoms. The Balaban J connectivity index is 1.27. The highest BCUT2D eigenvalue weighted by atomic mass is 16.1. The summed E-state index contributed by atoms with van der Waals surface area (Å²) in [6, 6.07) is 15.8. The van der Waals surface area contributed by atoms with Gasteiger partial charge in [0.05, 0.1) is 5.39 Å². The second kappa shape index (κ2) is 10.2. The average molecular weight is 471 g/mol. The predicted molar refractivity (Wildman–Crippen MR) is 137 cm³/mol. The standard InChI is InChI=1S/C27H30N6O2/c1-20(34)29-23-9-4-7-21(17-23)22-8-5-13-31(18-22)14-6-15-33-27(35)25-11-3-2-10-24(25)26(30-33)32-16-12-28-19-32/h2-4,7,9-12,16-17,19,22H,5-6,8,13-15,18H2,1H3,(H,29,34). The monoisotopic (exact) mass is 470 g/mol. The summed E-state index contributed by atoms with van der Waals surface area (Å²) in [6.45, 7) is 5.03. The molecule has 180 valence electrons. The van der Waals surface area contributed by atoms with Gasteiger partial charge in [-0.3, -0.25) is 14.2 Å². The first-order valence-corrected chi connectivity index (χ1v) is 12.2. The summed E-state index contributed by atoms with van der Waals surface area (Å²) in [4.78, 5) is 31.1. The van der Waals surface area contributed by atoms with Crippen LogP contribution in [0.5, 0.6) is 0 Å². The van der Waals surface area contributed by atoms with Crippen LogP contribution in [0.3, 0.4) is 0 Å². The smallest absolute Gasteiger partial charge is 0.274 e. The molecule has 1 aliphatic heterocycles. The summed E-state index contributed by atoms with van der Waals surface area (Å²) >= 11 is 0. The third-order valence-corrected chi connectivity index (χ3v) is 6.63. The number of carbonyl (C=O) groups excluding carboxylic acids is 1. The van der Waals surface area contributed by atoms with E-state index < -0.39 is 0 Å². The normalized spacial score (nSPS) is 16.4. The number of amides is 1. The lowest BCUT2D eigenvalue weighted by Crippen LogP contribution is -2.36. The van der Waals surface area contributed by atoms with E-state index in [1.807, 2.05) is 47.2 Å². The van der Waals surface area contributed by atoms with E-state index in [4.69, 9.17) is 5.10 Å². The summed E-state index contributed by atoms with van der Waals surface area (Å²) in [7, 11) is 0. The topological polar surface area (TPSA) is 85.1 Å². The van der Waals surface area contributed by atoms with Crippen molar-refractivity contribution in [3.8, 4) is 5.82 Å². The van der Waals surface area contributed by atoms with Crippen molar-refractivity contribution in [1.29, 1.82) is 0 Å². The molecule has 2 aromatic carbocycles. The van der Waals surface area contributed by atoms with Crippen LogP contribution in [0.25, 0.3) is 16.6 Å². The van der Waals surface area contributed by atoms with Crippen LogP contribution >= 0.6 is 0 Å². The number of aryl methyl sites for hydroxylation is 1. The van der Waals surface area contributed by atoms with Gasteiger partial charge in [0.15, 0.2) is 5.82 Å². The van der Waals surface area contributed by atoms with Crippen LogP contribution in [0.4, 0.5) is 5.69 Å². The fourth-order valence-electron chi connectivity index (χ4n) is 4.99. The number of piperidine rings is 1. The molecule has 8 nitrogen and oxygen atoms in total. The molecule has 1 aliphatic rings. The van der Waals surface area contributed by atoms with Crippen molar-refractivity contribution in [2.24, 2.45) is 0 Å². The minimum Gasteiger partial charge on any atom is -0.326 e. The highest BCUT2D eigenvalue weighted by Gasteiger charge is 2.21. The maximum atomic E-state index is 13.1. The van der Waals surface area contributed by atoms with Crippen LogP contribution in [0.15, 0.2) is 72.0 Å². The SMILES string of the molecule is CC(=O)Nc1cccc(C2CCCN(CCCn3nc(-n4ccnc4)c4ccccc4c3=O)C2)c1. The molecule has 3 heterocycles. The van der Waals surface area contributed by atoms with Gasteiger partial charge in [-0.1, -0.05) is 30.3 Å². The molecule has 0 saturated carbocycles. The van der Waals surface area contributed by atoms with Crippen LogP contribution in [0, 0.1) is 0 Å². The molecular formula is C27H30N6O2. The van der Waals surface area contributed by atoms with E-state index in [1.165, 1.54) is 12.5 Å². The van der Waals surface area contributed by atoms with Gasteiger partial charge in [-0.2, -0.15) is 5.10 Å². The van der Waals surface area contributed by atoms with E-state index in [0.717, 1.165) is 55.8 Å². The zero-order valence-corrected chi connectivity index (χ0v) is 19.9. The molecule has 0 radical (unpaired) electrons. The molecular weight excluding hydrogens is 440 g/mol. The van der Waals surface area contributed by atoms with E-state index in [0.29, 0.717) is 17.8 Å². The highest BCUT2D eigenvalue weighted by Crippen LogP contribution is 2.28. The van der Waals surface area contributed by atoms with Crippen LogP contribution in [-0.2, 0) is 11.3 Å². The van der Waals surface area contributed by atoms with Crippen molar-refractivity contribution in [3.63, 3.8) is 0 Å². The van der Waals surface area contributed by atoms with Crippen molar-refractivity contribution >= 4 is 22.4 Å². The number of imidazole rings is 1. The number of benzene rings is 2. The fourth-order valence-corrected chi connectivity index (χ4v) is 4.99. The number of carbonyl (C=O) groups is 1. The Hall–Kier alpha value is -3.78. The van der Waals surface area contributed by atoms with E-state index in [1.54, 1.807) is 17.2 Å². The van der Waals surface area contributed by atoms with Crippen LogP contribution < -0.4 is 10.9 Å². The molecule has 5 rings (SSSR count). The molecule has 1 unspecified atom stereocenters. The zero-order chi connectivity index (χ0) is 24.2. The Morgan fingerprint density at radius 3 is 2.77 bits per heavy atom. The maximum absolute atomic E-state index is 13.1. The third kappa shape index (κ3) is 5.17. The molecule has 1 fully saturated rings. The summed E-state index contributed by atoms with van der Waals surface area (Å²) in [6.07, 6.45) is 8.38. The molecule has 0 aliphatic carbocycles. The van der Waals surface area contributed by atoms with Crippen molar-refractivity contribution in [2.75, 3.05) is 25.0 Å². The predicted octanol–water partition coefficient (Wildman–Crippen LogP) is 3.81. The van der Waals surface area contributed by atoms with Gasteiger partial charge in [0.2, 0.25) is 5.91 Å². The van der Waals surface area contributed by atoms with Crippen molar-refractivity contribution in [1.82, 2.24) is 24.2 Å². The van der Waals surface area contributed by atoms with E-state index in [-0.39, 0.29) is 11.5 Å². The van der Waals surface area contributed by atoms with Gasteiger partial charge in [0.25, 0.3) is 5.56 Å². The molecule has 2 aromatic heterocycles. The number of aromatic nitrogens is 4. The summed E-state index contributed by atoms with van der Waals surface area (Å²) in [5.74, 6) is 1.10. The van der Waals surface area contributed by atoms with Gasteiger partial charge >= 0.3 is 0 Å². The van der Waals surface area contributed by atoms with Gasteiger partial charge in [-0.25, -0.2) is 9.67 Å². The Kier molecular flexibility index (Phi) is 6.72. The summed E-state index contributed by atoms with van der Waals surface area (Å²) < 4.78 is 3.44. The average Bonchev–Trinajstić information content (AvgIpc) is 3.40. The van der Waals surface area contributed by atoms with Gasteiger partial charge in [0, 0.05) is 43.5 Å². The fraction of sp³-hybridized carbons (Fsp3) is 0.333. The first kappa shape index (κ1) is 23.0. The second-order valence-electron chi connectivity index (χ2n) is 9.17. The minimum atomic E-state index is -0.0595. The lowest BCUT2D eigenvalue weighted by atomic mass is 9.90. The molecule has 0 bridgehead atoms. The van der Waals surface area contributed by atoms with Crippen LogP contribution in [0.2, 0.25) is 0 Å². The molecule has 1 atom stereocenters. The summed E-state index contributed by atoms with van der Waals surface area (Å²) in [5, 5.41) is 9.07. The van der Waals surface area contributed by atoms with Crippen molar-refractivity contribution < 1.29 is 4.79 Å².